The van der Waals surface area contributed by atoms with Crippen LogP contribution in [0.3, 0.4) is 0 Å². The number of rotatable bonds is 4. The summed E-state index contributed by atoms with van der Waals surface area (Å²) >= 11 is 1.42. The van der Waals surface area contributed by atoms with Crippen LogP contribution < -0.4 is 15.9 Å². The van der Waals surface area contributed by atoms with E-state index in [2.05, 4.69) is 15.2 Å². The first-order valence-corrected chi connectivity index (χ1v) is 8.90. The Hall–Kier alpha value is -2.97. The van der Waals surface area contributed by atoms with Gasteiger partial charge in [-0.15, -0.1) is 0 Å². The second kappa shape index (κ2) is 6.74. The van der Waals surface area contributed by atoms with Gasteiger partial charge in [-0.05, 0) is 29.2 Å². The molecule has 3 N–H and O–H groups in total. The molecule has 0 aliphatic carbocycles. The van der Waals surface area contributed by atoms with Gasteiger partial charge in [-0.25, -0.2) is 4.98 Å². The predicted molar refractivity (Wildman–Crippen MR) is 105 cm³/mol. The molecule has 0 bridgehead atoms. The first-order chi connectivity index (χ1) is 12.6. The van der Waals surface area contributed by atoms with E-state index in [1.54, 1.807) is 13.0 Å². The summed E-state index contributed by atoms with van der Waals surface area (Å²) in [5.74, 6) is 0.653. The number of nitrogen functional groups attached to an aromatic ring is 1. The normalized spacial score (nSPS) is 10.8. The highest BCUT2D eigenvalue weighted by molar-refractivity contribution is 7.11. The van der Waals surface area contributed by atoms with Crippen molar-refractivity contribution in [3.8, 4) is 22.1 Å². The third-order valence-corrected chi connectivity index (χ3v) is 4.72. The average Bonchev–Trinajstić information content (AvgIpc) is 3.15. The molecule has 4 rings (SSSR count). The quantitative estimate of drug-likeness (QED) is 0.542. The maximum atomic E-state index is 9.96. The Bertz CT molecular complexity index is 1070. The first kappa shape index (κ1) is 16.5. The van der Waals surface area contributed by atoms with Crippen molar-refractivity contribution in [1.82, 2.24) is 15.2 Å². The molecule has 26 heavy (non-hydrogen) atoms. The number of benzene rings is 2. The predicted octanol–water partition coefficient (Wildman–Crippen LogP) is 2.95. The Morgan fingerprint density at radius 3 is 2.85 bits per heavy atom. The van der Waals surface area contributed by atoms with Gasteiger partial charge in [-0.1, -0.05) is 36.4 Å². The molecule has 128 valence electrons. The van der Waals surface area contributed by atoms with E-state index < -0.39 is 6.92 Å². The molecular formula is C18H15BN4O2S. The fourth-order valence-corrected chi connectivity index (χ4v) is 3.22. The Labute approximate surface area is 154 Å². The molecule has 2 aromatic heterocycles. The summed E-state index contributed by atoms with van der Waals surface area (Å²) in [5.41, 5.74) is 9.77. The largest absolute Gasteiger partial charge is 0.447 e. The summed E-state index contributed by atoms with van der Waals surface area (Å²) in [4.78, 5) is 4.17. The van der Waals surface area contributed by atoms with Gasteiger partial charge in [0.15, 0.2) is 0 Å². The van der Waals surface area contributed by atoms with Crippen molar-refractivity contribution in [3.63, 3.8) is 0 Å². The van der Waals surface area contributed by atoms with Gasteiger partial charge in [-0.2, -0.15) is 10.2 Å². The van der Waals surface area contributed by atoms with Crippen molar-refractivity contribution in [2.75, 3.05) is 5.73 Å². The summed E-state index contributed by atoms with van der Waals surface area (Å²) in [5, 5.41) is 21.3. The van der Waals surface area contributed by atoms with Gasteiger partial charge in [0.1, 0.15) is 5.75 Å². The fraction of sp³-hybridized carbons (Fsp3) is 0.0556. The number of nitrogens with zero attached hydrogens (tertiary/aromatic N) is 3. The minimum absolute atomic E-state index is 0.556. The number of thiazole rings is 1. The average molecular weight is 362 g/mol. The van der Waals surface area contributed by atoms with E-state index in [0.29, 0.717) is 22.1 Å². The van der Waals surface area contributed by atoms with Gasteiger partial charge < -0.3 is 15.5 Å². The molecule has 0 radical (unpaired) electrons. The Morgan fingerprint density at radius 1 is 1.19 bits per heavy atom. The fourth-order valence-electron chi connectivity index (χ4n) is 2.73. The molecule has 2 heterocycles. The third-order valence-electron chi connectivity index (χ3n) is 4.07. The highest BCUT2D eigenvalue weighted by Gasteiger charge is 2.15. The Kier molecular flexibility index (Phi) is 4.28. The molecule has 0 aliphatic rings. The van der Waals surface area contributed by atoms with E-state index in [1.807, 2.05) is 41.8 Å². The van der Waals surface area contributed by atoms with Crippen molar-refractivity contribution in [2.45, 2.75) is 6.82 Å². The van der Waals surface area contributed by atoms with E-state index >= 15 is 0 Å². The topological polar surface area (TPSA) is 94.2 Å². The number of nitrogens with two attached hydrogens (primary N) is 1. The van der Waals surface area contributed by atoms with E-state index in [0.717, 1.165) is 22.0 Å². The molecule has 0 aliphatic heterocycles. The van der Waals surface area contributed by atoms with Crippen molar-refractivity contribution in [1.29, 1.82) is 0 Å². The van der Waals surface area contributed by atoms with Crippen molar-refractivity contribution >= 4 is 40.3 Å². The van der Waals surface area contributed by atoms with Crippen LogP contribution in [0.1, 0.15) is 0 Å². The van der Waals surface area contributed by atoms with Crippen molar-refractivity contribution < 1.29 is 9.76 Å². The van der Waals surface area contributed by atoms with Crippen LogP contribution in [-0.2, 0) is 0 Å². The smallest absolute Gasteiger partial charge is 0.320 e. The zero-order chi connectivity index (χ0) is 18.1. The molecule has 0 saturated heterocycles. The minimum atomic E-state index is -0.585. The molecule has 2 aromatic carbocycles. The maximum absolute atomic E-state index is 9.96. The van der Waals surface area contributed by atoms with Gasteiger partial charge in [0.2, 0.25) is 0 Å². The van der Waals surface area contributed by atoms with Gasteiger partial charge in [0.05, 0.1) is 17.4 Å². The van der Waals surface area contributed by atoms with Crippen molar-refractivity contribution in [3.05, 3.63) is 54.2 Å². The molecule has 0 amide bonds. The number of hydrogen-bond donors (Lipinski definition) is 2. The highest BCUT2D eigenvalue weighted by atomic mass is 32.1. The third kappa shape index (κ3) is 3.12. The second-order valence-electron chi connectivity index (χ2n) is 5.86. The lowest BCUT2D eigenvalue weighted by Gasteiger charge is -2.13. The standard InChI is InChI=1S/C18H15BN4O2S/c1-19(24)12-3-5-17(25-18-21-6-7-26-18)14(9-12)11-2-4-13-15(20)10-22-23-16(13)8-11/h2-10,24H,1H3,(H2,20,23). The summed E-state index contributed by atoms with van der Waals surface area (Å²) in [6.45, 7) is 1.14. The molecule has 8 heteroatoms. The second-order valence-corrected chi connectivity index (χ2v) is 6.72. The van der Waals surface area contributed by atoms with Gasteiger partial charge in [0.25, 0.3) is 5.19 Å². The summed E-state index contributed by atoms with van der Waals surface area (Å²) < 4.78 is 5.94. The molecule has 6 nitrogen and oxygen atoms in total. The molecule has 0 atom stereocenters. The van der Waals surface area contributed by atoms with Crippen LogP contribution in [0.25, 0.3) is 22.0 Å². The zero-order valence-corrected chi connectivity index (χ0v) is 14.8. The number of aromatic nitrogens is 3. The Balaban J connectivity index is 1.86. The number of fused-ring (bicyclic) bond motifs is 1. The molecular weight excluding hydrogens is 347 g/mol. The van der Waals surface area contributed by atoms with Crippen molar-refractivity contribution in [2.24, 2.45) is 0 Å². The summed E-state index contributed by atoms with van der Waals surface area (Å²) in [7, 11) is 0. The van der Waals surface area contributed by atoms with E-state index in [-0.39, 0.29) is 0 Å². The van der Waals surface area contributed by atoms with Crippen LogP contribution in [0, 0.1) is 0 Å². The Morgan fingerprint density at radius 2 is 2.08 bits per heavy atom. The van der Waals surface area contributed by atoms with Gasteiger partial charge in [0, 0.05) is 22.5 Å². The number of hydrogen-bond acceptors (Lipinski definition) is 7. The number of ether oxygens (including phenoxy) is 1. The van der Waals surface area contributed by atoms with E-state index in [9.17, 15) is 5.02 Å². The lowest BCUT2D eigenvalue weighted by Crippen LogP contribution is -2.26. The first-order valence-electron chi connectivity index (χ1n) is 8.02. The monoisotopic (exact) mass is 362 g/mol. The van der Waals surface area contributed by atoms with Crippen LogP contribution >= 0.6 is 11.3 Å². The van der Waals surface area contributed by atoms with Crippen LogP contribution in [0.2, 0.25) is 6.82 Å². The van der Waals surface area contributed by atoms with Crippen LogP contribution in [-0.4, -0.2) is 27.1 Å². The molecule has 4 aromatic rings. The molecule has 0 fully saturated rings. The number of anilines is 1. The molecule has 0 unspecified atom stereocenters. The van der Waals surface area contributed by atoms with Crippen LogP contribution in [0.4, 0.5) is 5.69 Å². The van der Waals surface area contributed by atoms with E-state index in [1.165, 1.54) is 17.5 Å². The summed E-state index contributed by atoms with van der Waals surface area (Å²) in [6, 6.07) is 11.4. The maximum Gasteiger partial charge on any atom is 0.320 e. The van der Waals surface area contributed by atoms with E-state index in [4.69, 9.17) is 10.5 Å². The lowest BCUT2D eigenvalue weighted by molar-refractivity contribution is 0.480. The van der Waals surface area contributed by atoms with Gasteiger partial charge in [-0.3, -0.25) is 0 Å². The van der Waals surface area contributed by atoms with Crippen LogP contribution in [0.15, 0.2) is 54.2 Å². The zero-order valence-electron chi connectivity index (χ0n) is 14.0. The summed E-state index contributed by atoms with van der Waals surface area (Å²) in [6.07, 6.45) is 3.23. The SMILES string of the molecule is CB(O)c1ccc(Oc2nccs2)c(-c2ccc3c(N)cnnc3c2)c1. The highest BCUT2D eigenvalue weighted by Crippen LogP contribution is 2.35. The molecule has 0 spiro atoms. The minimum Gasteiger partial charge on any atom is -0.447 e. The lowest BCUT2D eigenvalue weighted by atomic mass is 9.64. The molecule has 0 saturated carbocycles. The van der Waals surface area contributed by atoms with Gasteiger partial charge >= 0.3 is 6.92 Å². The van der Waals surface area contributed by atoms with Crippen LogP contribution in [0.5, 0.6) is 10.9 Å².